The van der Waals surface area contributed by atoms with Crippen LogP contribution >= 0.6 is 0 Å². The van der Waals surface area contributed by atoms with Crippen LogP contribution in [0.5, 0.6) is 5.88 Å². The first-order valence-corrected chi connectivity index (χ1v) is 10.8. The topological polar surface area (TPSA) is 91.8 Å². The smallest absolute Gasteiger partial charge is 0.256 e. The zero-order valence-electron chi connectivity index (χ0n) is 18.1. The average molecular weight is 421 g/mol. The van der Waals surface area contributed by atoms with Crippen molar-refractivity contribution in [2.24, 2.45) is 5.92 Å². The van der Waals surface area contributed by atoms with Gasteiger partial charge in [0.1, 0.15) is 0 Å². The predicted octanol–water partition coefficient (Wildman–Crippen LogP) is 3.08. The Labute approximate surface area is 181 Å². The van der Waals surface area contributed by atoms with E-state index in [4.69, 9.17) is 4.74 Å². The van der Waals surface area contributed by atoms with Gasteiger partial charge in [0.05, 0.1) is 35.1 Å². The number of nitrogens with one attached hydrogen (secondary N) is 1. The summed E-state index contributed by atoms with van der Waals surface area (Å²) >= 11 is 0. The van der Waals surface area contributed by atoms with Crippen LogP contribution in [0.15, 0.2) is 24.4 Å². The Morgan fingerprint density at radius 3 is 2.84 bits per heavy atom. The van der Waals surface area contributed by atoms with Crippen molar-refractivity contribution < 1.29 is 19.4 Å². The molecule has 0 saturated heterocycles. The first-order valence-electron chi connectivity index (χ1n) is 10.8. The van der Waals surface area contributed by atoms with Crippen LogP contribution in [0, 0.1) is 12.8 Å². The molecule has 31 heavy (non-hydrogen) atoms. The van der Waals surface area contributed by atoms with Crippen LogP contribution < -0.4 is 10.1 Å². The number of aliphatic hydroxyl groups is 1. The molecule has 1 aromatic heterocycles. The van der Waals surface area contributed by atoms with E-state index in [0.717, 1.165) is 29.5 Å². The van der Waals surface area contributed by atoms with Gasteiger partial charge >= 0.3 is 0 Å². The van der Waals surface area contributed by atoms with E-state index in [9.17, 15) is 14.7 Å². The predicted molar refractivity (Wildman–Crippen MR) is 115 cm³/mol. The van der Waals surface area contributed by atoms with Crippen molar-refractivity contribution in [1.82, 2.24) is 9.88 Å². The molecule has 7 heteroatoms. The van der Waals surface area contributed by atoms with Crippen LogP contribution in [0.2, 0.25) is 0 Å². The number of fused-ring (bicyclic) bond motifs is 2. The first kappa shape index (κ1) is 20.0. The monoisotopic (exact) mass is 421 g/mol. The molecule has 0 unspecified atom stereocenters. The molecule has 2 aromatic rings. The Hall–Kier alpha value is -2.93. The molecule has 1 aliphatic carbocycles. The molecular weight excluding hydrogens is 394 g/mol. The molecule has 3 heterocycles. The first-order chi connectivity index (χ1) is 14.8. The number of carbonyl (C=O) groups excluding carboxylic acids is 2. The van der Waals surface area contributed by atoms with Crippen molar-refractivity contribution in [3.8, 4) is 5.88 Å². The van der Waals surface area contributed by atoms with Crippen LogP contribution in [-0.4, -0.2) is 45.1 Å². The molecule has 3 aliphatic rings. The quantitative estimate of drug-likeness (QED) is 0.774. The summed E-state index contributed by atoms with van der Waals surface area (Å²) < 4.78 is 5.51. The Bertz CT molecular complexity index is 1080. The molecule has 1 atom stereocenters. The molecule has 7 nitrogen and oxygen atoms in total. The van der Waals surface area contributed by atoms with Crippen molar-refractivity contribution in [2.75, 3.05) is 11.9 Å². The minimum atomic E-state index is -0.989. The molecule has 1 fully saturated rings. The highest BCUT2D eigenvalue weighted by molar-refractivity contribution is 6.11. The summed E-state index contributed by atoms with van der Waals surface area (Å²) in [5.41, 5.74) is 3.06. The lowest BCUT2D eigenvalue weighted by atomic mass is 9.93. The summed E-state index contributed by atoms with van der Waals surface area (Å²) in [6.45, 7) is 6.35. The molecule has 1 aromatic carbocycles. The lowest BCUT2D eigenvalue weighted by Gasteiger charge is -2.37. The third kappa shape index (κ3) is 3.37. The second kappa shape index (κ2) is 7.05. The Morgan fingerprint density at radius 1 is 1.35 bits per heavy atom. The van der Waals surface area contributed by atoms with Gasteiger partial charge in [-0.2, -0.15) is 0 Å². The van der Waals surface area contributed by atoms with Gasteiger partial charge in [-0.3, -0.25) is 9.59 Å². The van der Waals surface area contributed by atoms with Crippen molar-refractivity contribution in [3.05, 3.63) is 52.2 Å². The molecule has 0 bridgehead atoms. The minimum Gasteiger partial charge on any atom is -0.477 e. The number of amides is 2. The van der Waals surface area contributed by atoms with E-state index in [-0.39, 0.29) is 17.9 Å². The van der Waals surface area contributed by atoms with Crippen molar-refractivity contribution in [1.29, 1.82) is 0 Å². The molecule has 0 radical (unpaired) electrons. The van der Waals surface area contributed by atoms with Crippen LogP contribution in [0.3, 0.4) is 0 Å². The van der Waals surface area contributed by atoms with Gasteiger partial charge in [-0.1, -0.05) is 12.1 Å². The highest BCUT2D eigenvalue weighted by Crippen LogP contribution is 2.43. The summed E-state index contributed by atoms with van der Waals surface area (Å²) in [6, 6.07) is 5.30. The van der Waals surface area contributed by atoms with E-state index in [0.29, 0.717) is 48.2 Å². The maximum absolute atomic E-state index is 13.4. The van der Waals surface area contributed by atoms with Gasteiger partial charge < -0.3 is 20.1 Å². The number of hydrogen-bond donors (Lipinski definition) is 2. The number of benzene rings is 1. The molecule has 1 saturated carbocycles. The zero-order chi connectivity index (χ0) is 21.9. The highest BCUT2D eigenvalue weighted by atomic mass is 16.5. The fourth-order valence-corrected chi connectivity index (χ4v) is 5.09. The third-order valence-electron chi connectivity index (χ3n) is 6.49. The third-order valence-corrected chi connectivity index (χ3v) is 6.49. The van der Waals surface area contributed by atoms with Crippen molar-refractivity contribution in [2.45, 2.75) is 58.2 Å². The second-order valence-electron chi connectivity index (χ2n) is 9.36. The maximum atomic E-state index is 13.4. The number of rotatable bonds is 5. The van der Waals surface area contributed by atoms with Gasteiger partial charge in [0.25, 0.3) is 11.8 Å². The van der Waals surface area contributed by atoms with Crippen LogP contribution in [0.1, 0.15) is 64.1 Å². The summed E-state index contributed by atoms with van der Waals surface area (Å²) in [4.78, 5) is 32.7. The normalized spacial score (nSPS) is 18.5. The number of hydrogen-bond acceptors (Lipinski definition) is 5. The molecule has 5 rings (SSSR count). The Kier molecular flexibility index (Phi) is 4.55. The van der Waals surface area contributed by atoms with Gasteiger partial charge in [-0.15, -0.1) is 0 Å². The second-order valence-corrected chi connectivity index (χ2v) is 9.36. The summed E-state index contributed by atoms with van der Waals surface area (Å²) in [5.74, 6) is 0.430. The number of pyridine rings is 1. The number of carbonyl (C=O) groups is 2. The number of aryl methyl sites for hydroxylation is 1. The molecule has 0 spiro atoms. The largest absolute Gasteiger partial charge is 0.477 e. The highest BCUT2D eigenvalue weighted by Gasteiger charge is 2.48. The van der Waals surface area contributed by atoms with Gasteiger partial charge in [0.15, 0.2) is 0 Å². The fraction of sp³-hybridized carbons (Fsp3) is 0.458. The van der Waals surface area contributed by atoms with E-state index >= 15 is 0 Å². The maximum Gasteiger partial charge on any atom is 0.256 e. The van der Waals surface area contributed by atoms with E-state index in [2.05, 4.69) is 10.3 Å². The van der Waals surface area contributed by atoms with E-state index in [1.807, 2.05) is 19.1 Å². The number of anilines is 1. The van der Waals surface area contributed by atoms with E-state index in [1.165, 1.54) is 0 Å². The SMILES string of the molecule is Cc1cnc2c(c1C(=O)Nc1cccc3c1C(=O)N([C@@H](C1CC1)C(C)(C)O)C3)CCO2. The molecule has 2 N–H and O–H groups in total. The standard InChI is InChI=1S/C24H27N3O4/c1-13-11-25-22-16(9-10-31-22)18(13)21(28)26-17-6-4-5-15-12-27(23(29)19(15)17)20(14-7-8-14)24(2,3)30/h4-6,11,14,20,30H,7-10,12H2,1-3H3,(H,26,28)/t20-/m0/s1. The molecule has 2 amide bonds. The van der Waals surface area contributed by atoms with E-state index < -0.39 is 5.60 Å². The van der Waals surface area contributed by atoms with Gasteiger partial charge in [0.2, 0.25) is 5.88 Å². The van der Waals surface area contributed by atoms with Crippen molar-refractivity contribution >= 4 is 17.5 Å². The Morgan fingerprint density at radius 2 is 2.13 bits per heavy atom. The van der Waals surface area contributed by atoms with Gasteiger partial charge in [-0.05, 0) is 56.7 Å². The summed E-state index contributed by atoms with van der Waals surface area (Å²) in [5, 5.41) is 13.7. The number of ether oxygens (including phenoxy) is 1. The van der Waals surface area contributed by atoms with Gasteiger partial charge in [0, 0.05) is 24.7 Å². The number of nitrogens with zero attached hydrogens (tertiary/aromatic N) is 2. The van der Waals surface area contributed by atoms with Crippen LogP contribution in [-0.2, 0) is 13.0 Å². The van der Waals surface area contributed by atoms with Crippen molar-refractivity contribution in [3.63, 3.8) is 0 Å². The zero-order valence-corrected chi connectivity index (χ0v) is 18.1. The number of aromatic nitrogens is 1. The minimum absolute atomic E-state index is 0.134. The fourth-order valence-electron chi connectivity index (χ4n) is 5.09. The van der Waals surface area contributed by atoms with Gasteiger partial charge in [-0.25, -0.2) is 4.98 Å². The summed E-state index contributed by atoms with van der Waals surface area (Å²) in [6.07, 6.45) is 4.33. The van der Waals surface area contributed by atoms with Crippen LogP contribution in [0.25, 0.3) is 0 Å². The lowest BCUT2D eigenvalue weighted by molar-refractivity contribution is -0.0224. The van der Waals surface area contributed by atoms with E-state index in [1.54, 1.807) is 31.0 Å². The average Bonchev–Trinajstić information content (AvgIpc) is 3.30. The Balaban J connectivity index is 1.46. The molecular formula is C24H27N3O4. The van der Waals surface area contributed by atoms with Crippen LogP contribution in [0.4, 0.5) is 5.69 Å². The lowest BCUT2D eigenvalue weighted by Crippen LogP contribution is -2.51. The molecule has 2 aliphatic heterocycles. The molecule has 162 valence electrons. The summed E-state index contributed by atoms with van der Waals surface area (Å²) in [7, 11) is 0.